The molecular formula is C14H20O8. The fraction of sp³-hybridized carbons (Fsp3) is 0.571. The number of rotatable bonds is 5. The third-order valence-electron chi connectivity index (χ3n) is 3.45. The third-order valence-corrected chi connectivity index (χ3v) is 3.45. The fourth-order valence-corrected chi connectivity index (χ4v) is 2.28. The predicted molar refractivity (Wildman–Crippen MR) is 73.3 cm³/mol. The Morgan fingerprint density at radius 2 is 1.73 bits per heavy atom. The smallest absolute Gasteiger partial charge is 0.229 e. The zero-order valence-electron chi connectivity index (χ0n) is 11.7. The van der Waals surface area contributed by atoms with Crippen LogP contribution in [0.25, 0.3) is 0 Å². The minimum atomic E-state index is -1.54. The molecule has 8 heteroatoms. The van der Waals surface area contributed by atoms with E-state index in [4.69, 9.17) is 19.7 Å². The fourth-order valence-electron chi connectivity index (χ4n) is 2.28. The van der Waals surface area contributed by atoms with Gasteiger partial charge in [-0.2, -0.15) is 0 Å². The lowest BCUT2D eigenvalue weighted by atomic mass is 9.99. The van der Waals surface area contributed by atoms with Gasteiger partial charge < -0.3 is 40.1 Å². The van der Waals surface area contributed by atoms with Crippen molar-refractivity contribution in [1.29, 1.82) is 0 Å². The Hall–Kier alpha value is -1.42. The zero-order valence-corrected chi connectivity index (χ0v) is 11.7. The molecule has 2 rings (SSSR count). The summed E-state index contributed by atoms with van der Waals surface area (Å²) in [5.74, 6) is 0.0679. The summed E-state index contributed by atoms with van der Waals surface area (Å²) in [6.45, 7) is -0.663. The van der Waals surface area contributed by atoms with Crippen LogP contribution in [0.5, 0.6) is 11.5 Å². The van der Waals surface area contributed by atoms with Gasteiger partial charge in [-0.15, -0.1) is 0 Å². The SMILES string of the molecule is OCCc1cc(O)cc(OC2OC(CO)C(O)C(O)C2O)c1. The number of phenolic OH excluding ortho intramolecular Hbond substituents is 1. The molecule has 1 aliphatic rings. The van der Waals surface area contributed by atoms with Gasteiger partial charge >= 0.3 is 0 Å². The van der Waals surface area contributed by atoms with E-state index >= 15 is 0 Å². The molecule has 1 heterocycles. The molecule has 124 valence electrons. The second kappa shape index (κ2) is 7.23. The monoisotopic (exact) mass is 316 g/mol. The van der Waals surface area contributed by atoms with Gasteiger partial charge in [0, 0.05) is 12.7 Å². The van der Waals surface area contributed by atoms with Crippen molar-refractivity contribution in [3.63, 3.8) is 0 Å². The van der Waals surface area contributed by atoms with E-state index in [2.05, 4.69) is 0 Å². The highest BCUT2D eigenvalue weighted by molar-refractivity contribution is 5.37. The standard InChI is InChI=1S/C14H20O8/c15-2-1-7-3-8(17)5-9(4-7)21-14-13(20)12(19)11(18)10(6-16)22-14/h3-5,10-20H,1-2,6H2. The molecule has 0 spiro atoms. The molecule has 22 heavy (non-hydrogen) atoms. The van der Waals surface area contributed by atoms with Gasteiger partial charge in [0.1, 0.15) is 35.9 Å². The first kappa shape index (κ1) is 16.9. The van der Waals surface area contributed by atoms with Crippen LogP contribution in [-0.2, 0) is 11.2 Å². The van der Waals surface area contributed by atoms with E-state index in [1.165, 1.54) is 18.2 Å². The number of ether oxygens (including phenoxy) is 2. The lowest BCUT2D eigenvalue weighted by Crippen LogP contribution is -2.60. The highest BCUT2D eigenvalue weighted by atomic mass is 16.7. The van der Waals surface area contributed by atoms with Gasteiger partial charge in [0.05, 0.1) is 6.61 Å². The van der Waals surface area contributed by atoms with E-state index in [1.807, 2.05) is 0 Å². The highest BCUT2D eigenvalue weighted by Crippen LogP contribution is 2.27. The van der Waals surface area contributed by atoms with Crippen molar-refractivity contribution in [2.75, 3.05) is 13.2 Å². The number of hydrogen-bond donors (Lipinski definition) is 6. The Labute approximate surface area is 126 Å². The van der Waals surface area contributed by atoms with Gasteiger partial charge in [-0.1, -0.05) is 0 Å². The molecule has 5 unspecified atom stereocenters. The van der Waals surface area contributed by atoms with Crippen LogP contribution in [0.3, 0.4) is 0 Å². The second-order valence-corrected chi connectivity index (χ2v) is 5.12. The highest BCUT2D eigenvalue weighted by Gasteiger charge is 2.44. The van der Waals surface area contributed by atoms with Crippen molar-refractivity contribution in [3.8, 4) is 11.5 Å². The van der Waals surface area contributed by atoms with Crippen LogP contribution in [0.4, 0.5) is 0 Å². The van der Waals surface area contributed by atoms with Crippen LogP contribution >= 0.6 is 0 Å². The van der Waals surface area contributed by atoms with E-state index in [-0.39, 0.29) is 18.1 Å². The Morgan fingerprint density at radius 1 is 1.00 bits per heavy atom. The van der Waals surface area contributed by atoms with E-state index in [1.54, 1.807) is 0 Å². The number of hydrogen-bond acceptors (Lipinski definition) is 8. The molecule has 1 aromatic rings. The molecule has 0 saturated carbocycles. The molecule has 1 aromatic carbocycles. The molecule has 0 aromatic heterocycles. The lowest BCUT2D eigenvalue weighted by molar-refractivity contribution is -0.277. The molecule has 0 radical (unpaired) electrons. The van der Waals surface area contributed by atoms with E-state index < -0.39 is 37.3 Å². The van der Waals surface area contributed by atoms with Gasteiger partial charge in [0.2, 0.25) is 6.29 Å². The van der Waals surface area contributed by atoms with Gasteiger partial charge in [-0.25, -0.2) is 0 Å². The zero-order chi connectivity index (χ0) is 16.3. The topological polar surface area (TPSA) is 140 Å². The normalized spacial score (nSPS) is 32.0. The summed E-state index contributed by atoms with van der Waals surface area (Å²) in [7, 11) is 0. The Morgan fingerprint density at radius 3 is 2.36 bits per heavy atom. The van der Waals surface area contributed by atoms with Crippen molar-refractivity contribution in [2.45, 2.75) is 37.1 Å². The maximum atomic E-state index is 9.88. The first-order valence-electron chi connectivity index (χ1n) is 6.87. The van der Waals surface area contributed by atoms with Crippen LogP contribution in [0.1, 0.15) is 5.56 Å². The quantitative estimate of drug-likeness (QED) is 0.370. The summed E-state index contributed by atoms with van der Waals surface area (Å²) in [5, 5.41) is 56.9. The maximum absolute atomic E-state index is 9.88. The second-order valence-electron chi connectivity index (χ2n) is 5.12. The van der Waals surface area contributed by atoms with Crippen molar-refractivity contribution in [3.05, 3.63) is 23.8 Å². The van der Waals surface area contributed by atoms with Crippen molar-refractivity contribution < 1.29 is 40.1 Å². The Bertz CT molecular complexity index is 492. The first-order valence-corrected chi connectivity index (χ1v) is 6.87. The van der Waals surface area contributed by atoms with E-state index in [0.29, 0.717) is 12.0 Å². The average molecular weight is 316 g/mol. The molecule has 0 bridgehead atoms. The summed E-state index contributed by atoms with van der Waals surface area (Å²) in [4.78, 5) is 0. The van der Waals surface area contributed by atoms with Crippen molar-refractivity contribution >= 4 is 0 Å². The van der Waals surface area contributed by atoms with Crippen molar-refractivity contribution in [1.82, 2.24) is 0 Å². The van der Waals surface area contributed by atoms with Crippen molar-refractivity contribution in [2.24, 2.45) is 0 Å². The molecule has 0 aliphatic carbocycles. The first-order chi connectivity index (χ1) is 10.5. The number of aromatic hydroxyl groups is 1. The predicted octanol–water partition coefficient (Wildman–Crippen LogP) is -1.89. The van der Waals surface area contributed by atoms with E-state index in [9.17, 15) is 20.4 Å². The summed E-state index contributed by atoms with van der Waals surface area (Å²) in [6, 6.07) is 4.27. The average Bonchev–Trinajstić information content (AvgIpc) is 2.47. The molecule has 6 N–H and O–H groups in total. The van der Waals surface area contributed by atoms with Crippen LogP contribution in [-0.4, -0.2) is 74.6 Å². The van der Waals surface area contributed by atoms with Crippen LogP contribution in [0, 0.1) is 0 Å². The minimum absolute atomic E-state index is 0.0921. The van der Waals surface area contributed by atoms with Gasteiger partial charge in [-0.05, 0) is 24.1 Å². The molecule has 1 aliphatic heterocycles. The number of phenols is 1. The van der Waals surface area contributed by atoms with Gasteiger partial charge in [0.15, 0.2) is 0 Å². The van der Waals surface area contributed by atoms with Gasteiger partial charge in [-0.3, -0.25) is 0 Å². The van der Waals surface area contributed by atoms with Gasteiger partial charge in [0.25, 0.3) is 0 Å². The Kier molecular flexibility index (Phi) is 5.57. The summed E-state index contributed by atoms with van der Waals surface area (Å²) in [6.07, 6.45) is -6.61. The molecule has 8 nitrogen and oxygen atoms in total. The summed E-state index contributed by atoms with van der Waals surface area (Å²) < 4.78 is 10.6. The molecule has 1 saturated heterocycles. The number of benzene rings is 1. The number of aliphatic hydroxyl groups excluding tert-OH is 5. The molecular weight excluding hydrogens is 296 g/mol. The minimum Gasteiger partial charge on any atom is -0.508 e. The summed E-state index contributed by atoms with van der Waals surface area (Å²) in [5.41, 5.74) is 0.613. The third kappa shape index (κ3) is 3.67. The van der Waals surface area contributed by atoms with Crippen LogP contribution in [0.2, 0.25) is 0 Å². The molecule has 5 atom stereocenters. The summed E-state index contributed by atoms with van der Waals surface area (Å²) >= 11 is 0. The van der Waals surface area contributed by atoms with Crippen LogP contribution in [0.15, 0.2) is 18.2 Å². The lowest BCUT2D eigenvalue weighted by Gasteiger charge is -2.39. The largest absolute Gasteiger partial charge is 0.508 e. The Balaban J connectivity index is 2.15. The number of aliphatic hydroxyl groups is 5. The molecule has 0 amide bonds. The maximum Gasteiger partial charge on any atom is 0.229 e. The van der Waals surface area contributed by atoms with E-state index in [0.717, 1.165) is 0 Å². The van der Waals surface area contributed by atoms with Crippen LogP contribution < -0.4 is 4.74 Å². The molecule has 1 fully saturated rings.